The molecule has 11 heteroatoms. The molecule has 2 amide bonds. The number of nitrogens with zero attached hydrogens (tertiary/aromatic N) is 1. The molecule has 0 bridgehead atoms. The van der Waals surface area contributed by atoms with Crippen molar-refractivity contribution in [3.8, 4) is 5.69 Å². The summed E-state index contributed by atoms with van der Waals surface area (Å²) in [7, 11) is 0. The Hall–Kier alpha value is -3.63. The molecule has 2 heterocycles. The molecule has 0 saturated carbocycles. The number of nitrogens with two attached hydrogens (primary N) is 1. The Morgan fingerprint density at radius 2 is 1.81 bits per heavy atom. The quantitative estimate of drug-likeness (QED) is 0.679. The number of para-hydroxylation sites is 1. The molecule has 4 N–H and O–H groups in total. The number of hydrogen-bond donors (Lipinski definition) is 3. The lowest BCUT2D eigenvalue weighted by Crippen LogP contribution is -2.28. The summed E-state index contributed by atoms with van der Waals surface area (Å²) in [5, 5.41) is 11.1. The number of carboxylic acids is 1. The maximum Gasteiger partial charge on any atom is 0.418 e. The molecule has 0 saturated heterocycles. The third kappa shape index (κ3) is 2.41. The highest BCUT2D eigenvalue weighted by molar-refractivity contribution is 6.23. The molecule has 134 valence electrons. The van der Waals surface area contributed by atoms with Gasteiger partial charge in [-0.3, -0.25) is 24.3 Å². The first-order chi connectivity index (χ1) is 12.0. The van der Waals surface area contributed by atoms with Crippen LogP contribution >= 0.6 is 0 Å². The van der Waals surface area contributed by atoms with Gasteiger partial charge >= 0.3 is 12.1 Å². The number of carbonyl (C=O) groups excluding carboxylic acids is 2. The molecule has 3 rings (SSSR count). The van der Waals surface area contributed by atoms with Crippen LogP contribution in [0.1, 0.15) is 36.6 Å². The van der Waals surface area contributed by atoms with E-state index in [1.54, 1.807) is 0 Å². The molecule has 26 heavy (non-hydrogen) atoms. The van der Waals surface area contributed by atoms with E-state index >= 15 is 0 Å². The molecule has 0 spiro atoms. The molecule has 0 aliphatic carbocycles. The summed E-state index contributed by atoms with van der Waals surface area (Å²) >= 11 is 0. The van der Waals surface area contributed by atoms with E-state index in [9.17, 15) is 37.5 Å². The normalized spacial score (nSPS) is 13.5. The van der Waals surface area contributed by atoms with E-state index in [1.165, 1.54) is 0 Å². The second-order valence-electron chi connectivity index (χ2n) is 5.28. The number of pyridine rings is 1. The number of benzene rings is 1. The highest BCUT2D eigenvalue weighted by Gasteiger charge is 2.38. The van der Waals surface area contributed by atoms with E-state index < -0.39 is 63.3 Å². The fourth-order valence-electron chi connectivity index (χ4n) is 2.70. The van der Waals surface area contributed by atoms with Gasteiger partial charge in [0, 0.05) is 6.07 Å². The van der Waals surface area contributed by atoms with Crippen LogP contribution in [0.2, 0.25) is 0 Å². The van der Waals surface area contributed by atoms with Crippen molar-refractivity contribution in [3.05, 3.63) is 56.9 Å². The number of nitrogen functional groups attached to an aromatic ring is 1. The van der Waals surface area contributed by atoms with Crippen molar-refractivity contribution in [2.24, 2.45) is 0 Å². The molecule has 8 nitrogen and oxygen atoms in total. The lowest BCUT2D eigenvalue weighted by atomic mass is 10.0. The number of carbonyl (C=O) groups is 3. The Kier molecular flexibility index (Phi) is 3.60. The third-order valence-corrected chi connectivity index (χ3v) is 3.75. The molecule has 0 unspecified atom stereocenters. The van der Waals surface area contributed by atoms with Crippen LogP contribution in [0, 0.1) is 0 Å². The topological polar surface area (TPSA) is 131 Å². The minimum atomic E-state index is -5.01. The van der Waals surface area contributed by atoms with Gasteiger partial charge in [0.15, 0.2) is 0 Å². The number of carboxylic acid groups (broad SMARTS) is 1. The number of alkyl halides is 3. The smallest absolute Gasteiger partial charge is 0.418 e. The van der Waals surface area contributed by atoms with Crippen LogP contribution in [-0.4, -0.2) is 27.5 Å². The van der Waals surface area contributed by atoms with Gasteiger partial charge in [-0.2, -0.15) is 13.2 Å². The van der Waals surface area contributed by atoms with Gasteiger partial charge in [-0.25, -0.2) is 4.79 Å². The molecule has 2 aromatic rings. The summed E-state index contributed by atoms with van der Waals surface area (Å²) in [6.45, 7) is 0. The number of fused-ring (bicyclic) bond motifs is 1. The SMILES string of the molecule is Nc1c2c(cc(=O)n1-c1c(C(=O)O)cccc1C(F)(F)F)C(=O)NC2=O. The molecule has 1 aromatic heterocycles. The Labute approximate surface area is 141 Å². The van der Waals surface area contributed by atoms with Gasteiger partial charge in [-0.05, 0) is 12.1 Å². The monoisotopic (exact) mass is 367 g/mol. The predicted molar refractivity (Wildman–Crippen MR) is 80.2 cm³/mol. The summed E-state index contributed by atoms with van der Waals surface area (Å²) in [6, 6.07) is 2.93. The lowest BCUT2D eigenvalue weighted by Gasteiger charge is -2.19. The summed E-state index contributed by atoms with van der Waals surface area (Å²) in [4.78, 5) is 47.2. The van der Waals surface area contributed by atoms with Crippen molar-refractivity contribution in [3.63, 3.8) is 0 Å². The number of amides is 2. The van der Waals surface area contributed by atoms with Gasteiger partial charge in [0.2, 0.25) is 0 Å². The Morgan fingerprint density at radius 1 is 1.15 bits per heavy atom. The Bertz CT molecular complexity index is 1060. The molecule has 1 aromatic carbocycles. The molecular formula is C15H8F3N3O5. The molecule has 0 atom stereocenters. The largest absolute Gasteiger partial charge is 0.478 e. The first-order valence-electron chi connectivity index (χ1n) is 6.89. The van der Waals surface area contributed by atoms with E-state index in [2.05, 4.69) is 0 Å². The van der Waals surface area contributed by atoms with Crippen molar-refractivity contribution in [1.82, 2.24) is 9.88 Å². The zero-order valence-electron chi connectivity index (χ0n) is 12.5. The number of halogens is 3. The van der Waals surface area contributed by atoms with E-state index in [1.807, 2.05) is 5.32 Å². The number of aromatic nitrogens is 1. The molecular weight excluding hydrogens is 359 g/mol. The number of imide groups is 1. The van der Waals surface area contributed by atoms with Crippen LogP contribution in [0.4, 0.5) is 19.0 Å². The van der Waals surface area contributed by atoms with Crippen LogP contribution < -0.4 is 16.6 Å². The zero-order valence-corrected chi connectivity index (χ0v) is 12.5. The predicted octanol–water partition coefficient (Wildman–Crippen LogP) is 1.02. The zero-order chi connectivity index (χ0) is 19.4. The van der Waals surface area contributed by atoms with Gasteiger partial charge in [0.1, 0.15) is 5.82 Å². The third-order valence-electron chi connectivity index (χ3n) is 3.75. The van der Waals surface area contributed by atoms with E-state index in [4.69, 9.17) is 5.73 Å². The van der Waals surface area contributed by atoms with Gasteiger partial charge in [-0.15, -0.1) is 0 Å². The van der Waals surface area contributed by atoms with E-state index in [0.29, 0.717) is 12.1 Å². The molecule has 0 radical (unpaired) electrons. The number of aromatic carboxylic acids is 1. The van der Waals surface area contributed by atoms with Crippen LogP contribution in [0.25, 0.3) is 5.69 Å². The summed E-state index contributed by atoms with van der Waals surface area (Å²) < 4.78 is 40.4. The number of rotatable bonds is 2. The second kappa shape index (κ2) is 5.44. The number of hydrogen-bond acceptors (Lipinski definition) is 5. The van der Waals surface area contributed by atoms with Crippen LogP contribution in [0.3, 0.4) is 0 Å². The molecule has 1 aliphatic rings. The minimum absolute atomic E-state index is 0.267. The van der Waals surface area contributed by atoms with E-state index in [-0.39, 0.29) is 4.57 Å². The lowest BCUT2D eigenvalue weighted by molar-refractivity contribution is -0.137. The van der Waals surface area contributed by atoms with Crippen molar-refractivity contribution in [2.45, 2.75) is 6.18 Å². The fraction of sp³-hybridized carbons (Fsp3) is 0.0667. The van der Waals surface area contributed by atoms with Crippen LogP contribution in [-0.2, 0) is 6.18 Å². The van der Waals surface area contributed by atoms with Gasteiger partial charge < -0.3 is 10.8 Å². The van der Waals surface area contributed by atoms with Crippen LogP contribution in [0.15, 0.2) is 29.1 Å². The van der Waals surface area contributed by atoms with Gasteiger partial charge in [0.25, 0.3) is 17.4 Å². The molecule has 1 aliphatic heterocycles. The summed E-state index contributed by atoms with van der Waals surface area (Å²) in [6.07, 6.45) is -5.01. The van der Waals surface area contributed by atoms with Crippen molar-refractivity contribution in [1.29, 1.82) is 0 Å². The van der Waals surface area contributed by atoms with Crippen molar-refractivity contribution in [2.75, 3.05) is 5.73 Å². The van der Waals surface area contributed by atoms with Crippen molar-refractivity contribution < 1.29 is 32.7 Å². The van der Waals surface area contributed by atoms with Crippen molar-refractivity contribution >= 4 is 23.6 Å². The fourth-order valence-corrected chi connectivity index (χ4v) is 2.70. The van der Waals surface area contributed by atoms with Gasteiger partial charge in [0.05, 0.1) is 27.9 Å². The highest BCUT2D eigenvalue weighted by atomic mass is 19.4. The van der Waals surface area contributed by atoms with Gasteiger partial charge in [-0.1, -0.05) is 6.07 Å². The Morgan fingerprint density at radius 3 is 2.38 bits per heavy atom. The first kappa shape index (κ1) is 17.2. The number of nitrogens with one attached hydrogen (secondary N) is 1. The average Bonchev–Trinajstić information content (AvgIpc) is 2.80. The minimum Gasteiger partial charge on any atom is -0.478 e. The Balaban J connectivity index is 2.49. The molecule has 0 fully saturated rings. The maximum atomic E-state index is 13.4. The average molecular weight is 367 g/mol. The summed E-state index contributed by atoms with van der Waals surface area (Å²) in [5.74, 6) is -4.44. The van der Waals surface area contributed by atoms with E-state index in [0.717, 1.165) is 12.1 Å². The number of anilines is 1. The standard InChI is InChI=1S/C15H8F3N3O5/c16-15(17,18)7-3-1-2-5(14(25)26)10(7)21-8(22)4-6-9(11(21)19)13(24)20-12(6)23/h1-4H,19H2,(H,25,26)(H,20,23,24). The second-order valence-corrected chi connectivity index (χ2v) is 5.28. The summed E-state index contributed by atoms with van der Waals surface area (Å²) in [5.41, 5.74) is 0.291. The van der Waals surface area contributed by atoms with Crippen LogP contribution in [0.5, 0.6) is 0 Å². The maximum absolute atomic E-state index is 13.4. The first-order valence-corrected chi connectivity index (χ1v) is 6.89. The highest BCUT2D eigenvalue weighted by Crippen LogP contribution is 2.36.